The zero-order chi connectivity index (χ0) is 15.3. The van der Waals surface area contributed by atoms with Crippen LogP contribution in [0, 0.1) is 34.4 Å². The summed E-state index contributed by atoms with van der Waals surface area (Å²) in [7, 11) is 0. The number of hydrogen-bond donors (Lipinski definition) is 1. The molecule has 0 radical (unpaired) electrons. The fourth-order valence-corrected chi connectivity index (χ4v) is 1.70. The van der Waals surface area contributed by atoms with Gasteiger partial charge in [0.1, 0.15) is 22.4 Å². The van der Waals surface area contributed by atoms with E-state index in [0.717, 1.165) is 6.07 Å². The minimum Gasteiger partial charge on any atom is -0.347 e. The highest BCUT2D eigenvalue weighted by Crippen LogP contribution is 2.19. The van der Waals surface area contributed by atoms with E-state index < -0.39 is 17.5 Å². The van der Waals surface area contributed by atoms with E-state index >= 15 is 0 Å². The van der Waals surface area contributed by atoms with Gasteiger partial charge in [-0.1, -0.05) is 24.9 Å². The maximum absolute atomic E-state index is 13.4. The molecule has 0 fully saturated rings. The van der Waals surface area contributed by atoms with Gasteiger partial charge in [-0.25, -0.2) is 4.39 Å². The highest BCUT2D eigenvalue weighted by molar-refractivity contribution is 7.80. The molecule has 0 heterocycles. The number of anilines is 1. The van der Waals surface area contributed by atoms with Gasteiger partial charge in [0.25, 0.3) is 0 Å². The molecule has 0 aliphatic heterocycles. The van der Waals surface area contributed by atoms with Gasteiger partial charge in [-0.15, -0.1) is 0 Å². The molecule has 1 N–H and O–H groups in total. The number of benzene rings is 1. The van der Waals surface area contributed by atoms with Gasteiger partial charge < -0.3 is 5.32 Å². The molecule has 0 aromatic heterocycles. The van der Waals surface area contributed by atoms with Gasteiger partial charge in [0.15, 0.2) is 11.7 Å². The maximum Gasteiger partial charge on any atom is 0.182 e. The summed E-state index contributed by atoms with van der Waals surface area (Å²) in [6.45, 7) is 4.93. The van der Waals surface area contributed by atoms with Crippen molar-refractivity contribution in [2.24, 2.45) is 5.92 Å². The number of hydrogen-bond acceptors (Lipinski definition) is 4. The van der Waals surface area contributed by atoms with Gasteiger partial charge in [-0.05, 0) is 24.6 Å². The first-order chi connectivity index (χ1) is 9.42. The van der Waals surface area contributed by atoms with Gasteiger partial charge in [0, 0.05) is 0 Å². The lowest BCUT2D eigenvalue weighted by molar-refractivity contribution is -0.116. The molecule has 1 aromatic carbocycles. The Bertz CT molecular complexity index is 670. The second-order valence-corrected chi connectivity index (χ2v) is 4.41. The van der Waals surface area contributed by atoms with Crippen molar-refractivity contribution in [3.63, 3.8) is 0 Å². The van der Waals surface area contributed by atoms with Crippen LogP contribution in [0.5, 0.6) is 0 Å². The third-order valence-corrected chi connectivity index (χ3v) is 2.80. The summed E-state index contributed by atoms with van der Waals surface area (Å²) in [6, 6.07) is 7.42. The van der Waals surface area contributed by atoms with Gasteiger partial charge in [0.2, 0.25) is 0 Å². The van der Waals surface area contributed by atoms with Crippen LogP contribution in [0.3, 0.4) is 0 Å². The van der Waals surface area contributed by atoms with Crippen molar-refractivity contribution in [1.29, 1.82) is 10.5 Å². The number of nitriles is 2. The number of halogens is 1. The van der Waals surface area contributed by atoms with Gasteiger partial charge in [-0.2, -0.15) is 10.5 Å². The molecule has 0 amide bonds. The first-order valence-corrected chi connectivity index (χ1v) is 5.92. The van der Waals surface area contributed by atoms with Gasteiger partial charge in [-0.3, -0.25) is 4.79 Å². The Balaban J connectivity index is 3.06. The molecule has 1 rings (SSSR count). The molecular formula is C14H10FN3OS. The Kier molecular flexibility index (Phi) is 5.08. The number of Topliss-reactive ketones (excluding diaryl/α,β-unsaturated/α-hetero) is 1. The molecule has 1 aromatic rings. The Morgan fingerprint density at radius 2 is 2.15 bits per heavy atom. The number of carbonyl (C=O) groups is 1. The molecule has 20 heavy (non-hydrogen) atoms. The van der Waals surface area contributed by atoms with Crippen LogP contribution in [-0.2, 0) is 4.79 Å². The molecule has 1 atom stereocenters. The summed E-state index contributed by atoms with van der Waals surface area (Å²) >= 11 is 4.98. The third-order valence-electron chi connectivity index (χ3n) is 2.46. The Labute approximate surface area is 121 Å². The Morgan fingerprint density at radius 3 is 2.65 bits per heavy atom. The van der Waals surface area contributed by atoms with Crippen molar-refractivity contribution in [2.45, 2.75) is 6.92 Å². The molecule has 0 saturated carbocycles. The van der Waals surface area contributed by atoms with E-state index in [2.05, 4.69) is 11.9 Å². The zero-order valence-electron chi connectivity index (χ0n) is 10.6. The van der Waals surface area contributed by atoms with Crippen LogP contribution in [0.1, 0.15) is 12.5 Å². The third kappa shape index (κ3) is 3.25. The van der Waals surface area contributed by atoms with Gasteiger partial charge >= 0.3 is 0 Å². The minimum atomic E-state index is -1.21. The van der Waals surface area contributed by atoms with Crippen LogP contribution < -0.4 is 5.32 Å². The van der Waals surface area contributed by atoms with Gasteiger partial charge in [0.05, 0.1) is 11.8 Å². The first kappa shape index (κ1) is 15.5. The average molecular weight is 287 g/mol. The molecule has 0 saturated heterocycles. The highest BCUT2D eigenvalue weighted by Gasteiger charge is 2.24. The molecule has 0 aliphatic carbocycles. The highest BCUT2D eigenvalue weighted by atomic mass is 32.1. The topological polar surface area (TPSA) is 76.7 Å². The van der Waals surface area contributed by atoms with E-state index in [4.69, 9.17) is 22.7 Å². The monoisotopic (exact) mass is 287 g/mol. The fourth-order valence-electron chi connectivity index (χ4n) is 1.43. The van der Waals surface area contributed by atoms with E-state index in [1.54, 1.807) is 12.1 Å². The fraction of sp³-hybridized carbons (Fsp3) is 0.143. The molecule has 1 unspecified atom stereocenters. The van der Waals surface area contributed by atoms with Crippen LogP contribution in [0.25, 0.3) is 0 Å². The van der Waals surface area contributed by atoms with Crippen molar-refractivity contribution in [1.82, 2.24) is 0 Å². The summed E-state index contributed by atoms with van der Waals surface area (Å²) < 4.78 is 13.4. The molecular weight excluding hydrogens is 277 g/mol. The summed E-state index contributed by atoms with van der Waals surface area (Å²) in [6.07, 6.45) is 0. The summed E-state index contributed by atoms with van der Waals surface area (Å²) in [5, 5.41) is 20.5. The summed E-state index contributed by atoms with van der Waals surface area (Å²) in [5.74, 6) is -2.43. The first-order valence-electron chi connectivity index (χ1n) is 5.51. The number of carbonyl (C=O) groups excluding carboxylic acids is 1. The molecule has 0 bridgehead atoms. The average Bonchev–Trinajstić information content (AvgIpc) is 2.39. The lowest BCUT2D eigenvalue weighted by Gasteiger charge is -2.13. The largest absolute Gasteiger partial charge is 0.347 e. The molecule has 100 valence electrons. The molecule has 0 spiro atoms. The van der Waals surface area contributed by atoms with Crippen molar-refractivity contribution in [3.8, 4) is 12.1 Å². The van der Waals surface area contributed by atoms with Crippen molar-refractivity contribution in [2.75, 3.05) is 5.32 Å². The number of rotatable bonds is 4. The zero-order valence-corrected chi connectivity index (χ0v) is 11.4. The van der Waals surface area contributed by atoms with Crippen LogP contribution in [-0.4, -0.2) is 10.8 Å². The number of nitrogens with zero attached hydrogens (tertiary/aromatic N) is 2. The quantitative estimate of drug-likeness (QED) is 0.680. The molecule has 4 nitrogen and oxygen atoms in total. The summed E-state index contributed by atoms with van der Waals surface area (Å²) in [4.78, 5) is 11.6. The lowest BCUT2D eigenvalue weighted by atomic mass is 10.0. The van der Waals surface area contributed by atoms with Crippen LogP contribution in [0.2, 0.25) is 0 Å². The minimum absolute atomic E-state index is 0.0948. The summed E-state index contributed by atoms with van der Waals surface area (Å²) in [5.41, 5.74) is 0.0852. The van der Waals surface area contributed by atoms with Crippen molar-refractivity contribution in [3.05, 3.63) is 41.7 Å². The molecule has 0 aliphatic rings. The van der Waals surface area contributed by atoms with Crippen molar-refractivity contribution < 1.29 is 9.18 Å². The Hall–Kier alpha value is -2.57. The van der Waals surface area contributed by atoms with E-state index in [-0.39, 0.29) is 21.8 Å². The van der Waals surface area contributed by atoms with E-state index in [1.165, 1.54) is 19.1 Å². The standard InChI is InChI=1S/C14H10FN3OS/c1-8(2)13(19)10(7-17)14(20)18-12-5-3-4-11(15)9(12)6-16/h3-5,10H,1H2,2H3,(H,18,20). The number of nitrogens with one attached hydrogen (secondary N) is 1. The second-order valence-electron chi connectivity index (χ2n) is 3.97. The Morgan fingerprint density at radius 1 is 1.50 bits per heavy atom. The van der Waals surface area contributed by atoms with E-state index in [1.807, 2.05) is 0 Å². The van der Waals surface area contributed by atoms with Crippen LogP contribution >= 0.6 is 12.2 Å². The smallest absolute Gasteiger partial charge is 0.182 e. The second kappa shape index (κ2) is 6.55. The number of ketones is 1. The van der Waals surface area contributed by atoms with Crippen LogP contribution in [0.15, 0.2) is 30.4 Å². The van der Waals surface area contributed by atoms with E-state index in [0.29, 0.717) is 0 Å². The number of thiocarbonyl (C=S) groups is 1. The van der Waals surface area contributed by atoms with Crippen molar-refractivity contribution >= 4 is 28.7 Å². The maximum atomic E-state index is 13.4. The lowest BCUT2D eigenvalue weighted by Crippen LogP contribution is -2.27. The molecule has 6 heteroatoms. The predicted molar refractivity (Wildman–Crippen MR) is 76.3 cm³/mol. The SMILES string of the molecule is C=C(C)C(=O)C(C#N)C(=S)Nc1cccc(F)c1C#N. The van der Waals surface area contributed by atoms with E-state index in [9.17, 15) is 9.18 Å². The normalized spacial score (nSPS) is 10.8. The van der Waals surface area contributed by atoms with Crippen LogP contribution in [0.4, 0.5) is 10.1 Å². The predicted octanol–water partition coefficient (Wildman–Crippen LogP) is 2.72. The number of allylic oxidation sites excluding steroid dienone is 1.